The lowest BCUT2D eigenvalue weighted by atomic mass is 10.1. The van der Waals surface area contributed by atoms with E-state index in [0.29, 0.717) is 12.0 Å². The first-order valence-electron chi connectivity index (χ1n) is 6.05. The van der Waals surface area contributed by atoms with E-state index in [1.807, 2.05) is 11.3 Å². The predicted octanol–water partition coefficient (Wildman–Crippen LogP) is 3.05. The second-order valence-electron chi connectivity index (χ2n) is 4.73. The Morgan fingerprint density at radius 1 is 1.56 bits per heavy atom. The van der Waals surface area contributed by atoms with Crippen LogP contribution in [0.4, 0.5) is 0 Å². The molecule has 0 aliphatic carbocycles. The van der Waals surface area contributed by atoms with E-state index in [4.69, 9.17) is 4.74 Å². The average molecular weight is 239 g/mol. The Labute approximate surface area is 102 Å². The van der Waals surface area contributed by atoms with E-state index >= 15 is 0 Å². The minimum Gasteiger partial charge on any atom is -0.381 e. The summed E-state index contributed by atoms with van der Waals surface area (Å²) in [4.78, 5) is 2.85. The summed E-state index contributed by atoms with van der Waals surface area (Å²) in [5, 5.41) is 3.62. The Morgan fingerprint density at radius 3 is 2.94 bits per heavy atom. The minimum atomic E-state index is 0.463. The maximum atomic E-state index is 5.38. The highest BCUT2D eigenvalue weighted by Gasteiger charge is 2.17. The van der Waals surface area contributed by atoms with Crippen molar-refractivity contribution in [1.82, 2.24) is 5.32 Å². The van der Waals surface area contributed by atoms with Crippen LogP contribution in [-0.2, 0) is 4.74 Å². The summed E-state index contributed by atoms with van der Waals surface area (Å²) >= 11 is 1.89. The summed E-state index contributed by atoms with van der Waals surface area (Å²) in [6.45, 7) is 9.60. The number of nitrogens with one attached hydrogen (secondary N) is 1. The molecule has 0 spiro atoms. The van der Waals surface area contributed by atoms with E-state index in [9.17, 15) is 0 Å². The molecule has 1 aliphatic rings. The molecule has 1 aromatic heterocycles. The number of rotatable bonds is 4. The second kappa shape index (κ2) is 5.30. The third-order valence-electron chi connectivity index (χ3n) is 3.28. The van der Waals surface area contributed by atoms with E-state index in [1.54, 1.807) is 0 Å². The molecule has 16 heavy (non-hydrogen) atoms. The molecule has 2 nitrogen and oxygen atoms in total. The summed E-state index contributed by atoms with van der Waals surface area (Å²) < 4.78 is 5.38. The van der Waals surface area contributed by atoms with Gasteiger partial charge in [0.05, 0.1) is 6.61 Å². The lowest BCUT2D eigenvalue weighted by molar-refractivity contribution is 0.184. The Balaban J connectivity index is 1.87. The highest BCUT2D eigenvalue weighted by Crippen LogP contribution is 2.26. The van der Waals surface area contributed by atoms with E-state index in [0.717, 1.165) is 19.8 Å². The van der Waals surface area contributed by atoms with Crippen molar-refractivity contribution in [3.8, 4) is 0 Å². The normalized spacial score (nSPS) is 22.6. The maximum absolute atomic E-state index is 5.38. The molecule has 2 unspecified atom stereocenters. The quantitative estimate of drug-likeness (QED) is 0.872. The molecule has 0 amide bonds. The zero-order chi connectivity index (χ0) is 11.5. The van der Waals surface area contributed by atoms with Crippen LogP contribution in [0.15, 0.2) is 6.07 Å². The van der Waals surface area contributed by atoms with Crippen LogP contribution in [0.25, 0.3) is 0 Å². The standard InChI is InChI=1S/C13H21NOS/c1-9-6-13(11(3)16-9)10(2)14-7-12-4-5-15-8-12/h6,10,12,14H,4-5,7-8H2,1-3H3. The second-order valence-corrected chi connectivity index (χ2v) is 6.19. The molecule has 2 rings (SSSR count). The number of aryl methyl sites for hydroxylation is 2. The fraction of sp³-hybridized carbons (Fsp3) is 0.692. The van der Waals surface area contributed by atoms with Crippen LogP contribution in [0.1, 0.15) is 34.7 Å². The fourth-order valence-electron chi connectivity index (χ4n) is 2.28. The lowest BCUT2D eigenvalue weighted by Gasteiger charge is -2.16. The Hall–Kier alpha value is -0.380. The van der Waals surface area contributed by atoms with Gasteiger partial charge in [0.15, 0.2) is 0 Å². The zero-order valence-electron chi connectivity index (χ0n) is 10.4. The first-order chi connectivity index (χ1) is 7.66. The molecule has 1 fully saturated rings. The highest BCUT2D eigenvalue weighted by atomic mass is 32.1. The minimum absolute atomic E-state index is 0.463. The molecule has 2 atom stereocenters. The number of thiophene rings is 1. The van der Waals surface area contributed by atoms with Crippen LogP contribution < -0.4 is 5.32 Å². The van der Waals surface area contributed by atoms with Crippen molar-refractivity contribution in [2.24, 2.45) is 5.92 Å². The molecule has 3 heteroatoms. The van der Waals surface area contributed by atoms with Crippen molar-refractivity contribution < 1.29 is 4.74 Å². The topological polar surface area (TPSA) is 21.3 Å². The van der Waals surface area contributed by atoms with Crippen LogP contribution in [0, 0.1) is 19.8 Å². The molecule has 1 N–H and O–H groups in total. The van der Waals surface area contributed by atoms with E-state index < -0.39 is 0 Å². The Morgan fingerprint density at radius 2 is 2.38 bits per heavy atom. The maximum Gasteiger partial charge on any atom is 0.0507 e. The first kappa shape index (κ1) is 12.1. The van der Waals surface area contributed by atoms with Crippen LogP contribution in [0.3, 0.4) is 0 Å². The molecule has 1 saturated heterocycles. The number of hydrogen-bond donors (Lipinski definition) is 1. The van der Waals surface area contributed by atoms with E-state index in [2.05, 4.69) is 32.2 Å². The van der Waals surface area contributed by atoms with Crippen molar-refractivity contribution in [2.75, 3.05) is 19.8 Å². The van der Waals surface area contributed by atoms with Gasteiger partial charge in [0.25, 0.3) is 0 Å². The first-order valence-corrected chi connectivity index (χ1v) is 6.86. The van der Waals surface area contributed by atoms with Crippen LogP contribution in [0.5, 0.6) is 0 Å². The third kappa shape index (κ3) is 2.84. The summed E-state index contributed by atoms with van der Waals surface area (Å²) in [6, 6.07) is 2.77. The molecule has 0 saturated carbocycles. The molecule has 2 heterocycles. The van der Waals surface area contributed by atoms with Gasteiger partial charge in [-0.05, 0) is 44.7 Å². The van der Waals surface area contributed by atoms with E-state index in [-0.39, 0.29) is 0 Å². The summed E-state index contributed by atoms with van der Waals surface area (Å²) in [6.07, 6.45) is 1.21. The van der Waals surface area contributed by atoms with Crippen molar-refractivity contribution >= 4 is 11.3 Å². The van der Waals surface area contributed by atoms with Crippen molar-refractivity contribution in [3.05, 3.63) is 21.4 Å². The number of hydrogen-bond acceptors (Lipinski definition) is 3. The van der Waals surface area contributed by atoms with Gasteiger partial charge in [-0.15, -0.1) is 11.3 Å². The summed E-state index contributed by atoms with van der Waals surface area (Å²) in [5.41, 5.74) is 1.46. The van der Waals surface area contributed by atoms with Gasteiger partial charge in [0.1, 0.15) is 0 Å². The zero-order valence-corrected chi connectivity index (χ0v) is 11.2. The number of ether oxygens (including phenoxy) is 1. The summed E-state index contributed by atoms with van der Waals surface area (Å²) in [7, 11) is 0. The monoisotopic (exact) mass is 239 g/mol. The van der Waals surface area contributed by atoms with Crippen LogP contribution >= 0.6 is 11.3 Å². The Kier molecular flexibility index (Phi) is 4.00. The smallest absolute Gasteiger partial charge is 0.0507 e. The Bertz CT molecular complexity index is 342. The van der Waals surface area contributed by atoms with Gasteiger partial charge in [0.2, 0.25) is 0 Å². The molecule has 1 aliphatic heterocycles. The largest absolute Gasteiger partial charge is 0.381 e. The molecule has 90 valence electrons. The van der Waals surface area contributed by atoms with Crippen LogP contribution in [0.2, 0.25) is 0 Å². The SMILES string of the molecule is Cc1cc(C(C)NCC2CCOC2)c(C)s1. The fourth-order valence-corrected chi connectivity index (χ4v) is 3.30. The predicted molar refractivity (Wildman–Crippen MR) is 69.1 cm³/mol. The van der Waals surface area contributed by atoms with Gasteiger partial charge >= 0.3 is 0 Å². The molecular weight excluding hydrogens is 218 g/mol. The lowest BCUT2D eigenvalue weighted by Crippen LogP contribution is -2.26. The van der Waals surface area contributed by atoms with Crippen molar-refractivity contribution in [3.63, 3.8) is 0 Å². The van der Waals surface area contributed by atoms with Gasteiger partial charge in [-0.3, -0.25) is 0 Å². The molecular formula is C13H21NOS. The summed E-state index contributed by atoms with van der Waals surface area (Å²) in [5.74, 6) is 0.711. The van der Waals surface area contributed by atoms with Gasteiger partial charge < -0.3 is 10.1 Å². The molecule has 0 radical (unpaired) electrons. The van der Waals surface area contributed by atoms with Crippen molar-refractivity contribution in [1.29, 1.82) is 0 Å². The van der Waals surface area contributed by atoms with Crippen molar-refractivity contribution in [2.45, 2.75) is 33.2 Å². The molecule has 1 aromatic rings. The highest BCUT2D eigenvalue weighted by molar-refractivity contribution is 7.12. The van der Waals surface area contributed by atoms with Gasteiger partial charge in [-0.2, -0.15) is 0 Å². The average Bonchev–Trinajstić information content (AvgIpc) is 2.84. The van der Waals surface area contributed by atoms with Crippen LogP contribution in [-0.4, -0.2) is 19.8 Å². The van der Waals surface area contributed by atoms with Gasteiger partial charge in [-0.25, -0.2) is 0 Å². The third-order valence-corrected chi connectivity index (χ3v) is 4.26. The molecule has 0 bridgehead atoms. The van der Waals surface area contributed by atoms with E-state index in [1.165, 1.54) is 21.7 Å². The molecule has 0 aromatic carbocycles. The van der Waals surface area contributed by atoms with Gasteiger partial charge in [0, 0.05) is 28.9 Å². The van der Waals surface area contributed by atoms with Gasteiger partial charge in [-0.1, -0.05) is 0 Å².